The molecule has 1 atom stereocenters. The van der Waals surface area contributed by atoms with Crippen molar-refractivity contribution in [1.82, 2.24) is 0 Å². The van der Waals surface area contributed by atoms with E-state index in [1.54, 1.807) is 29.4 Å². The largest absolute Gasteiger partial charge is 0.383 e. The third-order valence-corrected chi connectivity index (χ3v) is 6.45. The van der Waals surface area contributed by atoms with Crippen LogP contribution in [0.2, 0.25) is 0 Å². The maximum absolute atomic E-state index is 12.6. The molecule has 2 N–H and O–H groups in total. The molecular formula is C20H18N4O3S. The number of hydrogen-bond donors (Lipinski definition) is 2. The SMILES string of the molecule is O=S1(=O)N=C(C2=CN(N=C3CCC3)c3ccccc3C2O)Nc2ccccc21. The molecule has 0 saturated heterocycles. The summed E-state index contributed by atoms with van der Waals surface area (Å²) in [6, 6.07) is 14.0. The minimum absolute atomic E-state index is 0.111. The van der Waals surface area contributed by atoms with Crippen molar-refractivity contribution in [3.05, 3.63) is 65.9 Å². The molecule has 1 fully saturated rings. The zero-order valence-corrected chi connectivity index (χ0v) is 15.7. The molecule has 2 aromatic rings. The van der Waals surface area contributed by atoms with Crippen molar-refractivity contribution in [2.24, 2.45) is 9.50 Å². The van der Waals surface area contributed by atoms with Crippen molar-refractivity contribution < 1.29 is 13.5 Å². The fraction of sp³-hybridized carbons (Fsp3) is 0.200. The van der Waals surface area contributed by atoms with Gasteiger partial charge in [0.1, 0.15) is 11.0 Å². The Balaban J connectivity index is 1.63. The van der Waals surface area contributed by atoms with Crippen molar-refractivity contribution >= 4 is 32.9 Å². The maximum atomic E-state index is 12.6. The maximum Gasteiger partial charge on any atom is 0.286 e. The Kier molecular flexibility index (Phi) is 3.85. The predicted molar refractivity (Wildman–Crippen MR) is 108 cm³/mol. The molecule has 8 heteroatoms. The zero-order valence-electron chi connectivity index (χ0n) is 14.9. The van der Waals surface area contributed by atoms with E-state index in [1.807, 2.05) is 24.3 Å². The first-order valence-corrected chi connectivity index (χ1v) is 10.5. The molecule has 5 rings (SSSR count). The molecule has 1 aliphatic carbocycles. The Morgan fingerprint density at radius 2 is 1.86 bits per heavy atom. The molecule has 1 saturated carbocycles. The summed E-state index contributed by atoms with van der Waals surface area (Å²) in [4.78, 5) is 0.122. The van der Waals surface area contributed by atoms with Crippen LogP contribution in [0.3, 0.4) is 0 Å². The predicted octanol–water partition coefficient (Wildman–Crippen LogP) is 3.18. The highest BCUT2D eigenvalue weighted by Crippen LogP contribution is 2.39. The van der Waals surface area contributed by atoms with Crippen molar-refractivity contribution in [3.8, 4) is 0 Å². The monoisotopic (exact) mass is 394 g/mol. The molecule has 3 aliphatic rings. The van der Waals surface area contributed by atoms with Crippen LogP contribution in [0.15, 0.2) is 74.7 Å². The minimum Gasteiger partial charge on any atom is -0.383 e. The van der Waals surface area contributed by atoms with E-state index in [2.05, 4.69) is 14.8 Å². The van der Waals surface area contributed by atoms with Crippen LogP contribution in [0.4, 0.5) is 11.4 Å². The van der Waals surface area contributed by atoms with E-state index in [1.165, 1.54) is 6.07 Å². The number of benzene rings is 2. The number of hydrogen-bond acceptors (Lipinski definition) is 6. The minimum atomic E-state index is -3.86. The van der Waals surface area contributed by atoms with Crippen LogP contribution in [0, 0.1) is 0 Å². The number of aliphatic hydroxyl groups excluding tert-OH is 1. The molecule has 142 valence electrons. The van der Waals surface area contributed by atoms with Crippen LogP contribution in [0.1, 0.15) is 30.9 Å². The van der Waals surface area contributed by atoms with Crippen LogP contribution in [0.25, 0.3) is 0 Å². The van der Waals surface area contributed by atoms with E-state index in [4.69, 9.17) is 0 Å². The molecule has 7 nitrogen and oxygen atoms in total. The second-order valence-corrected chi connectivity index (χ2v) is 8.52. The normalized spacial score (nSPS) is 22.1. The quantitative estimate of drug-likeness (QED) is 0.816. The lowest BCUT2D eigenvalue weighted by Crippen LogP contribution is -2.31. The Bertz CT molecular complexity index is 1160. The van der Waals surface area contributed by atoms with Gasteiger partial charge in [0.05, 0.1) is 11.4 Å². The van der Waals surface area contributed by atoms with Crippen LogP contribution < -0.4 is 10.3 Å². The number of sulfonamides is 1. The number of hydrazone groups is 1. The van der Waals surface area contributed by atoms with Gasteiger partial charge in [-0.3, -0.25) is 0 Å². The fourth-order valence-electron chi connectivity index (χ4n) is 3.47. The Hall–Kier alpha value is -2.97. The number of anilines is 2. The van der Waals surface area contributed by atoms with E-state index in [0.29, 0.717) is 16.8 Å². The smallest absolute Gasteiger partial charge is 0.286 e. The molecule has 2 aliphatic heterocycles. The summed E-state index contributed by atoms with van der Waals surface area (Å²) >= 11 is 0. The van der Waals surface area contributed by atoms with Gasteiger partial charge in [0.2, 0.25) is 0 Å². The van der Waals surface area contributed by atoms with Gasteiger partial charge in [0, 0.05) is 23.0 Å². The first kappa shape index (κ1) is 17.2. The second kappa shape index (κ2) is 6.29. The topological polar surface area (TPSA) is 94.4 Å². The third-order valence-electron chi connectivity index (χ3n) is 5.12. The molecule has 28 heavy (non-hydrogen) atoms. The summed E-state index contributed by atoms with van der Waals surface area (Å²) in [6.45, 7) is 0. The summed E-state index contributed by atoms with van der Waals surface area (Å²) < 4.78 is 29.2. The van der Waals surface area contributed by atoms with Gasteiger partial charge in [0.15, 0.2) is 5.84 Å². The van der Waals surface area contributed by atoms with Gasteiger partial charge in [-0.1, -0.05) is 30.3 Å². The first-order chi connectivity index (χ1) is 13.5. The number of amidine groups is 1. The molecule has 2 heterocycles. The van der Waals surface area contributed by atoms with E-state index >= 15 is 0 Å². The molecule has 0 radical (unpaired) electrons. The second-order valence-electron chi connectivity index (χ2n) is 6.95. The van der Waals surface area contributed by atoms with E-state index < -0.39 is 16.1 Å². The van der Waals surface area contributed by atoms with Crippen LogP contribution in [-0.2, 0) is 10.0 Å². The summed E-state index contributed by atoms with van der Waals surface area (Å²) in [7, 11) is -3.86. The summed E-state index contributed by atoms with van der Waals surface area (Å²) in [5.74, 6) is 0.111. The lowest BCUT2D eigenvalue weighted by Gasteiger charge is -2.32. The van der Waals surface area contributed by atoms with Crippen LogP contribution >= 0.6 is 0 Å². The summed E-state index contributed by atoms with van der Waals surface area (Å²) in [5.41, 5.74) is 3.32. The molecule has 0 bridgehead atoms. The van der Waals surface area contributed by atoms with Crippen molar-refractivity contribution in [2.45, 2.75) is 30.3 Å². The first-order valence-electron chi connectivity index (χ1n) is 9.09. The van der Waals surface area contributed by atoms with Gasteiger partial charge in [-0.25, -0.2) is 5.01 Å². The standard InChI is InChI=1S/C20H18N4O3S/c25-19-14-8-1-3-10-17(14)24(22-13-6-5-7-13)12-15(19)20-21-16-9-2-4-11-18(16)28(26,27)23-20/h1-4,8-12,19,25H,5-7H2,(H,21,23). The van der Waals surface area contributed by atoms with Crippen molar-refractivity contribution in [1.29, 1.82) is 0 Å². The molecular weight excluding hydrogens is 376 g/mol. The molecule has 0 amide bonds. The van der Waals surface area contributed by atoms with Gasteiger partial charge in [0.25, 0.3) is 10.0 Å². The summed E-state index contributed by atoms with van der Waals surface area (Å²) in [5, 5.41) is 20.4. The average molecular weight is 394 g/mol. The van der Waals surface area contributed by atoms with Gasteiger partial charge in [-0.15, -0.1) is 4.40 Å². The number of para-hydroxylation sites is 2. The van der Waals surface area contributed by atoms with Crippen molar-refractivity contribution in [3.63, 3.8) is 0 Å². The Labute approximate surface area is 162 Å². The van der Waals surface area contributed by atoms with Gasteiger partial charge in [-0.05, 0) is 37.5 Å². The lowest BCUT2D eigenvalue weighted by molar-refractivity contribution is 0.220. The number of nitrogens with one attached hydrogen (secondary N) is 1. The molecule has 0 aromatic heterocycles. The van der Waals surface area contributed by atoms with Gasteiger partial charge in [-0.2, -0.15) is 13.5 Å². The Morgan fingerprint density at radius 3 is 2.64 bits per heavy atom. The average Bonchev–Trinajstić information content (AvgIpc) is 2.66. The number of rotatable bonds is 2. The van der Waals surface area contributed by atoms with Crippen molar-refractivity contribution in [2.75, 3.05) is 10.3 Å². The lowest BCUT2D eigenvalue weighted by atomic mass is 9.95. The highest BCUT2D eigenvalue weighted by Gasteiger charge is 2.33. The fourth-order valence-corrected chi connectivity index (χ4v) is 4.60. The Morgan fingerprint density at radius 1 is 1.11 bits per heavy atom. The number of fused-ring (bicyclic) bond motifs is 2. The highest BCUT2D eigenvalue weighted by atomic mass is 32.2. The van der Waals surface area contributed by atoms with E-state index in [-0.39, 0.29) is 10.7 Å². The highest BCUT2D eigenvalue weighted by molar-refractivity contribution is 7.90. The van der Waals surface area contributed by atoms with Gasteiger partial charge < -0.3 is 10.4 Å². The van der Waals surface area contributed by atoms with Gasteiger partial charge >= 0.3 is 0 Å². The van der Waals surface area contributed by atoms with E-state index in [0.717, 1.165) is 30.7 Å². The summed E-state index contributed by atoms with van der Waals surface area (Å²) in [6.07, 6.45) is 3.67. The third kappa shape index (κ3) is 2.73. The molecule has 0 spiro atoms. The zero-order chi connectivity index (χ0) is 19.3. The number of aliphatic hydroxyl groups is 1. The van der Waals surface area contributed by atoms with Crippen LogP contribution in [0.5, 0.6) is 0 Å². The molecule has 1 unspecified atom stereocenters. The van der Waals surface area contributed by atoms with Crippen LogP contribution in [-0.4, -0.2) is 25.1 Å². The number of nitrogens with zero attached hydrogens (tertiary/aromatic N) is 3. The van der Waals surface area contributed by atoms with E-state index in [9.17, 15) is 13.5 Å². The molecule has 2 aromatic carbocycles.